The minimum atomic E-state index is -3.67. The topological polar surface area (TPSA) is 104 Å². The normalized spacial score (nSPS) is 28.7. The van der Waals surface area contributed by atoms with E-state index < -0.39 is 15.6 Å². The minimum Gasteiger partial charge on any atom is -0.386 e. The van der Waals surface area contributed by atoms with Crippen molar-refractivity contribution in [3.05, 3.63) is 12.0 Å². The summed E-state index contributed by atoms with van der Waals surface area (Å²) in [5.41, 5.74) is -1.15. The minimum absolute atomic E-state index is 0.00447. The lowest BCUT2D eigenvalue weighted by Gasteiger charge is -2.25. The highest BCUT2D eigenvalue weighted by atomic mass is 32.2. The quantitative estimate of drug-likeness (QED) is 0.689. The molecule has 3 N–H and O–H groups in total. The van der Waals surface area contributed by atoms with Crippen molar-refractivity contribution in [3.63, 3.8) is 0 Å². The number of aromatic amines is 1. The van der Waals surface area contributed by atoms with Crippen LogP contribution in [0, 0.1) is 6.92 Å². The average molecular weight is 275 g/mol. The van der Waals surface area contributed by atoms with Crippen LogP contribution in [-0.4, -0.2) is 48.3 Å². The number of sulfonamides is 1. The van der Waals surface area contributed by atoms with Crippen LogP contribution < -0.4 is 4.72 Å². The molecule has 0 aromatic carbocycles. The molecule has 2 unspecified atom stereocenters. The fraction of sp³-hybridized carbons (Fsp3) is 0.700. The number of aryl methyl sites for hydroxylation is 1. The lowest BCUT2D eigenvalue weighted by molar-refractivity contribution is -0.0228. The van der Waals surface area contributed by atoms with Gasteiger partial charge < -0.3 is 14.8 Å². The summed E-state index contributed by atoms with van der Waals surface area (Å²) in [6.45, 7) is 3.75. The van der Waals surface area contributed by atoms with Crippen LogP contribution in [0.2, 0.25) is 0 Å². The van der Waals surface area contributed by atoms with Crippen LogP contribution in [-0.2, 0) is 14.8 Å². The maximum Gasteiger partial charge on any atom is 0.257 e. The lowest BCUT2D eigenvalue weighted by Crippen LogP contribution is -2.47. The summed E-state index contributed by atoms with van der Waals surface area (Å²) in [7, 11) is -3.67. The highest BCUT2D eigenvalue weighted by Crippen LogP contribution is 2.25. The maximum atomic E-state index is 11.9. The summed E-state index contributed by atoms with van der Waals surface area (Å²) >= 11 is 0. The van der Waals surface area contributed by atoms with Crippen LogP contribution in [0.1, 0.15) is 19.2 Å². The van der Waals surface area contributed by atoms with Crippen molar-refractivity contribution in [3.8, 4) is 0 Å². The van der Waals surface area contributed by atoms with E-state index in [1.54, 1.807) is 13.8 Å². The summed E-state index contributed by atoms with van der Waals surface area (Å²) in [6, 6.07) is 0. The van der Waals surface area contributed by atoms with Gasteiger partial charge in [0, 0.05) is 19.6 Å². The molecule has 2 rings (SSSR count). The largest absolute Gasteiger partial charge is 0.386 e. The van der Waals surface area contributed by atoms with Crippen LogP contribution in [0.5, 0.6) is 0 Å². The Morgan fingerprint density at radius 1 is 1.72 bits per heavy atom. The number of imidazole rings is 1. The molecule has 0 saturated carbocycles. The summed E-state index contributed by atoms with van der Waals surface area (Å²) in [4.78, 5) is 6.47. The number of aromatic nitrogens is 2. The van der Waals surface area contributed by atoms with Crippen LogP contribution >= 0.6 is 0 Å². The third kappa shape index (κ3) is 2.56. The van der Waals surface area contributed by atoms with Crippen LogP contribution in [0.15, 0.2) is 11.2 Å². The molecule has 0 amide bonds. The summed E-state index contributed by atoms with van der Waals surface area (Å²) in [6.07, 6.45) is 1.28. The summed E-state index contributed by atoms with van der Waals surface area (Å²) < 4.78 is 31.4. The second-order valence-corrected chi connectivity index (χ2v) is 6.26. The number of hydrogen-bond donors (Lipinski definition) is 3. The maximum absolute atomic E-state index is 11.9. The van der Waals surface area contributed by atoms with E-state index >= 15 is 0 Å². The van der Waals surface area contributed by atoms with Crippen molar-refractivity contribution < 1.29 is 18.3 Å². The molecule has 1 fully saturated rings. The molecule has 1 saturated heterocycles. The molecule has 0 spiro atoms. The van der Waals surface area contributed by atoms with Gasteiger partial charge in [-0.1, -0.05) is 0 Å². The Hall–Kier alpha value is -0.960. The van der Waals surface area contributed by atoms with Crippen molar-refractivity contribution in [2.45, 2.75) is 37.0 Å². The predicted molar refractivity (Wildman–Crippen MR) is 63.5 cm³/mol. The van der Waals surface area contributed by atoms with Crippen molar-refractivity contribution >= 4 is 10.0 Å². The molecule has 8 heteroatoms. The third-order valence-electron chi connectivity index (χ3n) is 3.20. The Kier molecular flexibility index (Phi) is 3.45. The molecule has 1 aliphatic heterocycles. The highest BCUT2D eigenvalue weighted by molar-refractivity contribution is 7.89. The third-order valence-corrected chi connectivity index (χ3v) is 4.51. The van der Waals surface area contributed by atoms with Gasteiger partial charge >= 0.3 is 0 Å². The van der Waals surface area contributed by atoms with Gasteiger partial charge in [0.1, 0.15) is 11.4 Å². The lowest BCUT2D eigenvalue weighted by atomic mass is 9.97. The van der Waals surface area contributed by atoms with E-state index in [2.05, 4.69) is 14.7 Å². The molecule has 0 radical (unpaired) electrons. The zero-order valence-electron chi connectivity index (χ0n) is 10.3. The summed E-state index contributed by atoms with van der Waals surface area (Å²) in [5, 5.41) is 10.2. The van der Waals surface area contributed by atoms with E-state index in [1.165, 1.54) is 6.20 Å². The fourth-order valence-corrected chi connectivity index (χ4v) is 2.90. The van der Waals surface area contributed by atoms with Crippen molar-refractivity contribution in [2.24, 2.45) is 0 Å². The van der Waals surface area contributed by atoms with E-state index in [-0.39, 0.29) is 17.7 Å². The predicted octanol–water partition coefficient (Wildman–Crippen LogP) is -0.464. The van der Waals surface area contributed by atoms with Gasteiger partial charge in [-0.2, -0.15) is 0 Å². The van der Waals surface area contributed by atoms with E-state index in [4.69, 9.17) is 4.74 Å². The van der Waals surface area contributed by atoms with Gasteiger partial charge in [-0.05, 0) is 13.8 Å². The molecule has 1 aromatic rings. The van der Waals surface area contributed by atoms with Crippen molar-refractivity contribution in [1.29, 1.82) is 0 Å². The van der Waals surface area contributed by atoms with Gasteiger partial charge in [0.15, 0.2) is 5.03 Å². The van der Waals surface area contributed by atoms with Crippen LogP contribution in [0.4, 0.5) is 0 Å². The SMILES string of the molecule is Cc1ncc(S(=O)(=O)NCC2(O)CCOC2C)[nH]1. The van der Waals surface area contributed by atoms with Crippen LogP contribution in [0.3, 0.4) is 0 Å². The molecule has 1 aliphatic rings. The van der Waals surface area contributed by atoms with E-state index in [9.17, 15) is 13.5 Å². The number of H-pyrrole nitrogens is 1. The Morgan fingerprint density at radius 3 is 2.94 bits per heavy atom. The zero-order chi connectivity index (χ0) is 13.4. The molecular weight excluding hydrogens is 258 g/mol. The molecule has 102 valence electrons. The van der Waals surface area contributed by atoms with E-state index in [0.29, 0.717) is 18.9 Å². The second kappa shape index (κ2) is 4.61. The van der Waals surface area contributed by atoms with Gasteiger partial charge in [-0.3, -0.25) is 0 Å². The number of nitrogens with zero attached hydrogens (tertiary/aromatic N) is 1. The Labute approximate surface area is 106 Å². The first-order valence-corrected chi connectivity index (χ1v) is 7.17. The van der Waals surface area contributed by atoms with Gasteiger partial charge in [0.25, 0.3) is 10.0 Å². The number of rotatable bonds is 4. The number of ether oxygens (including phenoxy) is 1. The number of aliphatic hydroxyl groups is 1. The van der Waals surface area contributed by atoms with E-state index in [0.717, 1.165) is 0 Å². The van der Waals surface area contributed by atoms with Crippen molar-refractivity contribution in [2.75, 3.05) is 13.2 Å². The first-order chi connectivity index (χ1) is 8.33. The Balaban J connectivity index is 2.06. The summed E-state index contributed by atoms with van der Waals surface area (Å²) in [5.74, 6) is 0.520. The zero-order valence-corrected chi connectivity index (χ0v) is 11.1. The average Bonchev–Trinajstić information content (AvgIpc) is 2.86. The second-order valence-electron chi connectivity index (χ2n) is 4.52. The first-order valence-electron chi connectivity index (χ1n) is 5.69. The number of nitrogens with one attached hydrogen (secondary N) is 2. The van der Waals surface area contributed by atoms with Crippen molar-refractivity contribution in [1.82, 2.24) is 14.7 Å². The standard InChI is InChI=1S/C10H17N3O4S/c1-7-10(14,3-4-17-7)6-12-18(15,16)9-5-11-8(2)13-9/h5,7,12,14H,3-4,6H2,1-2H3,(H,11,13). The molecule has 2 atom stereocenters. The van der Waals surface area contributed by atoms with Gasteiger partial charge in [-0.25, -0.2) is 18.1 Å². The molecule has 0 aliphatic carbocycles. The van der Waals surface area contributed by atoms with Crippen LogP contribution in [0.25, 0.3) is 0 Å². The highest BCUT2D eigenvalue weighted by Gasteiger charge is 2.40. The Morgan fingerprint density at radius 2 is 2.44 bits per heavy atom. The molecule has 18 heavy (non-hydrogen) atoms. The molecular formula is C10H17N3O4S. The van der Waals surface area contributed by atoms with Gasteiger partial charge in [-0.15, -0.1) is 0 Å². The first kappa shape index (κ1) is 13.5. The fourth-order valence-electron chi connectivity index (χ4n) is 1.84. The monoisotopic (exact) mass is 275 g/mol. The van der Waals surface area contributed by atoms with Gasteiger partial charge in [0.2, 0.25) is 0 Å². The molecule has 7 nitrogen and oxygen atoms in total. The Bertz CT molecular complexity index is 527. The molecule has 1 aromatic heterocycles. The molecule has 0 bridgehead atoms. The van der Waals surface area contributed by atoms with Gasteiger partial charge in [0.05, 0.1) is 12.3 Å². The molecule has 2 heterocycles. The number of hydrogen-bond acceptors (Lipinski definition) is 5. The smallest absolute Gasteiger partial charge is 0.257 e. The van der Waals surface area contributed by atoms with E-state index in [1.807, 2.05) is 0 Å².